The molecule has 22 heavy (non-hydrogen) atoms. The Labute approximate surface area is 135 Å². The predicted octanol–water partition coefficient (Wildman–Crippen LogP) is 4.36. The van der Waals surface area contributed by atoms with Gasteiger partial charge in [0.05, 0.1) is 4.88 Å². The standard InChI is InChI=1S/C16H21N3O2S/c1-11(2)19(15(20)21-16(3,4)5)14-18-10-13(22-14)12-6-8-17-9-7-12/h6-11H,1-5H3. The van der Waals surface area contributed by atoms with Crippen LogP contribution in [0, 0.1) is 0 Å². The predicted molar refractivity (Wildman–Crippen MR) is 89.2 cm³/mol. The zero-order valence-electron chi connectivity index (χ0n) is 13.5. The molecule has 0 saturated carbocycles. The summed E-state index contributed by atoms with van der Waals surface area (Å²) < 4.78 is 5.47. The maximum atomic E-state index is 12.4. The van der Waals surface area contributed by atoms with E-state index in [0.717, 1.165) is 10.4 Å². The van der Waals surface area contributed by atoms with Gasteiger partial charge in [-0.2, -0.15) is 0 Å². The topological polar surface area (TPSA) is 55.3 Å². The number of ether oxygens (including phenoxy) is 1. The highest BCUT2D eigenvalue weighted by atomic mass is 32.1. The normalized spacial score (nSPS) is 11.5. The minimum absolute atomic E-state index is 0.0358. The van der Waals surface area contributed by atoms with Crippen LogP contribution in [0.3, 0.4) is 0 Å². The third-order valence-electron chi connectivity index (χ3n) is 2.77. The first-order valence-corrected chi connectivity index (χ1v) is 7.98. The average Bonchev–Trinajstić information content (AvgIpc) is 2.86. The smallest absolute Gasteiger partial charge is 0.416 e. The van der Waals surface area contributed by atoms with Crippen molar-refractivity contribution in [2.75, 3.05) is 4.90 Å². The second-order valence-electron chi connectivity index (χ2n) is 6.19. The molecule has 2 aromatic heterocycles. The van der Waals surface area contributed by atoms with Gasteiger partial charge in [0.15, 0.2) is 5.13 Å². The van der Waals surface area contributed by atoms with Crippen molar-refractivity contribution in [3.05, 3.63) is 30.7 Å². The molecule has 0 saturated heterocycles. The Hall–Kier alpha value is -1.95. The van der Waals surface area contributed by atoms with Crippen molar-refractivity contribution in [1.82, 2.24) is 9.97 Å². The average molecular weight is 319 g/mol. The van der Waals surface area contributed by atoms with Crippen molar-refractivity contribution in [2.45, 2.75) is 46.3 Å². The van der Waals surface area contributed by atoms with Gasteiger partial charge in [0.25, 0.3) is 0 Å². The van der Waals surface area contributed by atoms with Gasteiger partial charge in [-0.05, 0) is 52.3 Å². The summed E-state index contributed by atoms with van der Waals surface area (Å²) in [6, 6.07) is 3.81. The van der Waals surface area contributed by atoms with E-state index in [1.54, 1.807) is 23.5 Å². The lowest BCUT2D eigenvalue weighted by Crippen LogP contribution is -2.41. The van der Waals surface area contributed by atoms with Crippen LogP contribution in [-0.4, -0.2) is 27.7 Å². The summed E-state index contributed by atoms with van der Waals surface area (Å²) in [5.74, 6) is 0. The summed E-state index contributed by atoms with van der Waals surface area (Å²) in [4.78, 5) is 23.4. The Morgan fingerprint density at radius 1 is 1.27 bits per heavy atom. The van der Waals surface area contributed by atoms with Crippen LogP contribution in [0.15, 0.2) is 30.7 Å². The van der Waals surface area contributed by atoms with E-state index in [0.29, 0.717) is 5.13 Å². The number of pyridine rings is 1. The molecular formula is C16H21N3O2S. The lowest BCUT2D eigenvalue weighted by Gasteiger charge is -2.28. The van der Waals surface area contributed by atoms with Gasteiger partial charge in [-0.25, -0.2) is 9.78 Å². The molecule has 0 aromatic carbocycles. The number of rotatable bonds is 3. The highest BCUT2D eigenvalue weighted by Gasteiger charge is 2.27. The maximum absolute atomic E-state index is 12.4. The van der Waals surface area contributed by atoms with E-state index < -0.39 is 5.60 Å². The molecule has 1 amide bonds. The lowest BCUT2D eigenvalue weighted by atomic mass is 10.2. The van der Waals surface area contributed by atoms with Gasteiger partial charge in [0.1, 0.15) is 5.60 Å². The summed E-state index contributed by atoms with van der Waals surface area (Å²) in [7, 11) is 0. The summed E-state index contributed by atoms with van der Waals surface area (Å²) in [5.41, 5.74) is 0.502. The minimum Gasteiger partial charge on any atom is -0.443 e. The lowest BCUT2D eigenvalue weighted by molar-refractivity contribution is 0.0570. The van der Waals surface area contributed by atoms with Gasteiger partial charge in [0, 0.05) is 24.6 Å². The van der Waals surface area contributed by atoms with Gasteiger partial charge >= 0.3 is 6.09 Å². The second kappa shape index (κ2) is 6.44. The molecule has 0 N–H and O–H groups in total. The Morgan fingerprint density at radius 3 is 2.45 bits per heavy atom. The number of nitrogens with zero attached hydrogens (tertiary/aromatic N) is 3. The molecule has 0 aliphatic carbocycles. The van der Waals surface area contributed by atoms with Crippen molar-refractivity contribution in [3.63, 3.8) is 0 Å². The van der Waals surface area contributed by atoms with Crippen LogP contribution in [0.25, 0.3) is 10.4 Å². The van der Waals surface area contributed by atoms with E-state index in [1.807, 2.05) is 46.8 Å². The van der Waals surface area contributed by atoms with Gasteiger partial charge in [-0.15, -0.1) is 0 Å². The number of carbonyl (C=O) groups is 1. The monoisotopic (exact) mass is 319 g/mol. The Morgan fingerprint density at radius 2 is 1.91 bits per heavy atom. The van der Waals surface area contributed by atoms with Crippen molar-refractivity contribution in [1.29, 1.82) is 0 Å². The van der Waals surface area contributed by atoms with Crippen LogP contribution in [0.1, 0.15) is 34.6 Å². The third kappa shape index (κ3) is 4.04. The molecule has 2 rings (SSSR count). The van der Waals surface area contributed by atoms with Crippen molar-refractivity contribution in [3.8, 4) is 10.4 Å². The molecule has 0 radical (unpaired) electrons. The first kappa shape index (κ1) is 16.4. The molecule has 5 nitrogen and oxygen atoms in total. The first-order valence-electron chi connectivity index (χ1n) is 7.16. The highest BCUT2D eigenvalue weighted by Crippen LogP contribution is 2.32. The van der Waals surface area contributed by atoms with Crippen molar-refractivity contribution < 1.29 is 9.53 Å². The molecule has 2 aromatic rings. The van der Waals surface area contributed by atoms with E-state index in [1.165, 1.54) is 11.3 Å². The van der Waals surface area contributed by atoms with E-state index in [2.05, 4.69) is 9.97 Å². The Bertz CT molecular complexity index is 632. The molecular weight excluding hydrogens is 298 g/mol. The van der Waals surface area contributed by atoms with Crippen LogP contribution < -0.4 is 4.90 Å². The quantitative estimate of drug-likeness (QED) is 0.843. The molecule has 2 heterocycles. The van der Waals surface area contributed by atoms with Crippen LogP contribution in [-0.2, 0) is 4.74 Å². The summed E-state index contributed by atoms with van der Waals surface area (Å²) in [6.07, 6.45) is 4.87. The van der Waals surface area contributed by atoms with Crippen molar-refractivity contribution >= 4 is 22.6 Å². The zero-order valence-corrected chi connectivity index (χ0v) is 14.3. The fourth-order valence-electron chi connectivity index (χ4n) is 1.85. The summed E-state index contributed by atoms with van der Waals surface area (Å²) >= 11 is 1.46. The van der Waals surface area contributed by atoms with E-state index in [-0.39, 0.29) is 12.1 Å². The van der Waals surface area contributed by atoms with Gasteiger partial charge < -0.3 is 4.74 Å². The molecule has 0 bridgehead atoms. The fourth-order valence-corrected chi connectivity index (χ4v) is 2.89. The molecule has 6 heteroatoms. The molecule has 118 valence electrons. The number of hydrogen-bond acceptors (Lipinski definition) is 5. The molecule has 0 aliphatic heterocycles. The second-order valence-corrected chi connectivity index (χ2v) is 7.20. The number of amides is 1. The molecule has 0 spiro atoms. The van der Waals surface area contributed by atoms with Gasteiger partial charge in [-0.3, -0.25) is 9.88 Å². The molecule has 0 atom stereocenters. The van der Waals surface area contributed by atoms with Crippen LogP contribution >= 0.6 is 11.3 Å². The zero-order chi connectivity index (χ0) is 16.3. The fraction of sp³-hybridized carbons (Fsp3) is 0.438. The van der Waals surface area contributed by atoms with E-state index in [4.69, 9.17) is 4.74 Å². The highest BCUT2D eigenvalue weighted by molar-refractivity contribution is 7.19. The first-order chi connectivity index (χ1) is 10.3. The number of hydrogen-bond donors (Lipinski definition) is 0. The summed E-state index contributed by atoms with van der Waals surface area (Å²) in [6.45, 7) is 9.45. The van der Waals surface area contributed by atoms with Gasteiger partial charge in [0.2, 0.25) is 0 Å². The number of carbonyl (C=O) groups excluding carboxylic acids is 1. The maximum Gasteiger partial charge on any atom is 0.416 e. The molecule has 0 fully saturated rings. The van der Waals surface area contributed by atoms with Crippen LogP contribution in [0.4, 0.5) is 9.93 Å². The number of aromatic nitrogens is 2. The van der Waals surface area contributed by atoms with E-state index >= 15 is 0 Å². The SMILES string of the molecule is CC(C)N(C(=O)OC(C)(C)C)c1ncc(-c2ccncc2)s1. The van der Waals surface area contributed by atoms with Crippen LogP contribution in [0.5, 0.6) is 0 Å². The van der Waals surface area contributed by atoms with Crippen LogP contribution in [0.2, 0.25) is 0 Å². The van der Waals surface area contributed by atoms with E-state index in [9.17, 15) is 4.79 Å². The third-order valence-corrected chi connectivity index (χ3v) is 3.82. The minimum atomic E-state index is -0.532. The molecule has 0 unspecified atom stereocenters. The summed E-state index contributed by atoms with van der Waals surface area (Å²) in [5, 5.41) is 0.635. The van der Waals surface area contributed by atoms with Gasteiger partial charge in [-0.1, -0.05) is 11.3 Å². The molecule has 0 aliphatic rings. The largest absolute Gasteiger partial charge is 0.443 e. The number of thiazole rings is 1. The Balaban J connectivity index is 2.27. The Kier molecular flexibility index (Phi) is 4.81. The number of anilines is 1. The van der Waals surface area contributed by atoms with Crippen molar-refractivity contribution in [2.24, 2.45) is 0 Å².